The van der Waals surface area contributed by atoms with Gasteiger partial charge in [-0.3, -0.25) is 4.79 Å². The molecule has 20 heavy (non-hydrogen) atoms. The Labute approximate surface area is 118 Å². The Kier molecular flexibility index (Phi) is 4.76. The van der Waals surface area contributed by atoms with Gasteiger partial charge in [-0.1, -0.05) is 6.42 Å². The second-order valence-electron chi connectivity index (χ2n) is 5.43. The zero-order valence-corrected chi connectivity index (χ0v) is 11.9. The van der Waals surface area contributed by atoms with Crippen molar-refractivity contribution < 1.29 is 14.6 Å². The van der Waals surface area contributed by atoms with E-state index in [1.165, 1.54) is 0 Å². The highest BCUT2D eigenvalue weighted by molar-refractivity contribution is 5.70. The van der Waals surface area contributed by atoms with Gasteiger partial charge in [0, 0.05) is 18.3 Å². The number of rotatable bonds is 5. The van der Waals surface area contributed by atoms with Crippen molar-refractivity contribution in [2.45, 2.75) is 51.7 Å². The van der Waals surface area contributed by atoms with E-state index in [4.69, 9.17) is 9.84 Å². The van der Waals surface area contributed by atoms with Gasteiger partial charge in [-0.25, -0.2) is 4.98 Å². The Morgan fingerprint density at radius 1 is 1.50 bits per heavy atom. The third-order valence-corrected chi connectivity index (χ3v) is 3.34. The fourth-order valence-corrected chi connectivity index (χ4v) is 2.45. The molecule has 2 rings (SSSR count). The topological polar surface area (TPSA) is 84.3 Å². The van der Waals surface area contributed by atoms with Gasteiger partial charge < -0.3 is 15.2 Å². The van der Waals surface area contributed by atoms with E-state index >= 15 is 0 Å². The smallest absolute Gasteiger partial charge is 0.306 e. The van der Waals surface area contributed by atoms with Gasteiger partial charge in [0.15, 0.2) is 0 Å². The summed E-state index contributed by atoms with van der Waals surface area (Å²) in [4.78, 5) is 19.5. The number of carboxylic acid groups (broad SMARTS) is 1. The molecule has 110 valence electrons. The number of ether oxygens (including phenoxy) is 1. The van der Waals surface area contributed by atoms with Gasteiger partial charge in [0.25, 0.3) is 0 Å². The minimum Gasteiger partial charge on any atom is -0.481 e. The molecule has 6 heteroatoms. The number of carboxylic acids is 1. The lowest BCUT2D eigenvalue weighted by molar-refractivity contribution is -0.142. The van der Waals surface area contributed by atoms with Crippen LogP contribution in [-0.4, -0.2) is 33.2 Å². The van der Waals surface area contributed by atoms with E-state index in [1.807, 2.05) is 13.8 Å². The number of aliphatic carboxylic acids is 1. The zero-order chi connectivity index (χ0) is 14.5. The highest BCUT2D eigenvalue weighted by Crippen LogP contribution is 2.26. The molecule has 1 saturated carbocycles. The summed E-state index contributed by atoms with van der Waals surface area (Å²) in [6.45, 7) is 3.88. The van der Waals surface area contributed by atoms with Gasteiger partial charge in [0.1, 0.15) is 0 Å². The fourth-order valence-electron chi connectivity index (χ4n) is 2.45. The molecule has 1 aliphatic carbocycles. The SMILES string of the molecule is CC(C)Oc1ccnc(NC2CCCC(C(=O)O)C2)n1. The fraction of sp³-hybridized carbons (Fsp3) is 0.643. The molecule has 0 spiro atoms. The molecule has 0 saturated heterocycles. The monoisotopic (exact) mass is 279 g/mol. The maximum absolute atomic E-state index is 11.0. The molecule has 1 fully saturated rings. The zero-order valence-electron chi connectivity index (χ0n) is 11.9. The number of nitrogens with zero attached hydrogens (tertiary/aromatic N) is 2. The van der Waals surface area contributed by atoms with E-state index in [2.05, 4.69) is 15.3 Å². The first kappa shape index (κ1) is 14.6. The van der Waals surface area contributed by atoms with E-state index in [0.29, 0.717) is 18.2 Å². The number of hydrogen-bond donors (Lipinski definition) is 2. The van der Waals surface area contributed by atoms with Crippen molar-refractivity contribution in [3.63, 3.8) is 0 Å². The molecule has 0 aromatic carbocycles. The maximum Gasteiger partial charge on any atom is 0.306 e. The molecule has 0 radical (unpaired) electrons. The van der Waals surface area contributed by atoms with Crippen LogP contribution in [0.2, 0.25) is 0 Å². The summed E-state index contributed by atoms with van der Waals surface area (Å²) in [6.07, 6.45) is 4.94. The lowest BCUT2D eigenvalue weighted by Gasteiger charge is -2.27. The highest BCUT2D eigenvalue weighted by atomic mass is 16.5. The van der Waals surface area contributed by atoms with Crippen LogP contribution >= 0.6 is 0 Å². The van der Waals surface area contributed by atoms with Gasteiger partial charge in [-0.05, 0) is 33.1 Å². The summed E-state index contributed by atoms with van der Waals surface area (Å²) in [7, 11) is 0. The first-order valence-electron chi connectivity index (χ1n) is 7.03. The van der Waals surface area contributed by atoms with Gasteiger partial charge in [0.05, 0.1) is 12.0 Å². The molecule has 2 atom stereocenters. The van der Waals surface area contributed by atoms with Crippen LogP contribution in [0.25, 0.3) is 0 Å². The standard InChI is InChI=1S/C14H21N3O3/c1-9(2)20-12-6-7-15-14(17-12)16-11-5-3-4-10(8-11)13(18)19/h6-7,9-11H,3-5,8H2,1-2H3,(H,18,19)(H,15,16,17). The summed E-state index contributed by atoms with van der Waals surface area (Å²) in [5, 5.41) is 12.3. The number of nitrogens with one attached hydrogen (secondary N) is 1. The van der Waals surface area contributed by atoms with Crippen LogP contribution < -0.4 is 10.1 Å². The molecule has 1 heterocycles. The molecule has 2 unspecified atom stereocenters. The molecule has 6 nitrogen and oxygen atoms in total. The van der Waals surface area contributed by atoms with Gasteiger partial charge in [-0.15, -0.1) is 0 Å². The van der Waals surface area contributed by atoms with Crippen LogP contribution in [0.1, 0.15) is 39.5 Å². The van der Waals surface area contributed by atoms with E-state index in [0.717, 1.165) is 19.3 Å². The van der Waals surface area contributed by atoms with E-state index in [1.54, 1.807) is 12.3 Å². The first-order valence-corrected chi connectivity index (χ1v) is 7.03. The molecule has 1 aromatic rings. The molecular formula is C14H21N3O3. The van der Waals surface area contributed by atoms with Crippen molar-refractivity contribution >= 4 is 11.9 Å². The highest BCUT2D eigenvalue weighted by Gasteiger charge is 2.27. The number of hydrogen-bond acceptors (Lipinski definition) is 5. The Morgan fingerprint density at radius 2 is 2.30 bits per heavy atom. The molecular weight excluding hydrogens is 258 g/mol. The number of carbonyl (C=O) groups is 1. The summed E-state index contributed by atoms with van der Waals surface area (Å²) in [5.41, 5.74) is 0. The lowest BCUT2D eigenvalue weighted by Crippen LogP contribution is -2.31. The summed E-state index contributed by atoms with van der Waals surface area (Å²) in [6, 6.07) is 1.82. The Balaban J connectivity index is 1.97. The van der Waals surface area contributed by atoms with Crippen LogP contribution in [0.15, 0.2) is 12.3 Å². The first-order chi connectivity index (χ1) is 9.54. The normalized spacial score (nSPS) is 22.6. The van der Waals surface area contributed by atoms with E-state index in [9.17, 15) is 4.79 Å². The van der Waals surface area contributed by atoms with Crippen molar-refractivity contribution in [2.24, 2.45) is 5.92 Å². The predicted octanol–water partition coefficient (Wildman–Crippen LogP) is 2.32. The second kappa shape index (κ2) is 6.54. The quantitative estimate of drug-likeness (QED) is 0.860. The van der Waals surface area contributed by atoms with Crippen molar-refractivity contribution in [3.05, 3.63) is 12.3 Å². The van der Waals surface area contributed by atoms with Crippen molar-refractivity contribution in [1.82, 2.24) is 9.97 Å². The van der Waals surface area contributed by atoms with E-state index in [-0.39, 0.29) is 18.1 Å². The summed E-state index contributed by atoms with van der Waals surface area (Å²) < 4.78 is 5.52. The van der Waals surface area contributed by atoms with Crippen LogP contribution in [0.4, 0.5) is 5.95 Å². The van der Waals surface area contributed by atoms with Gasteiger partial charge >= 0.3 is 5.97 Å². The molecule has 0 aliphatic heterocycles. The average molecular weight is 279 g/mol. The molecule has 0 bridgehead atoms. The number of aromatic nitrogens is 2. The molecule has 0 amide bonds. The van der Waals surface area contributed by atoms with Crippen LogP contribution in [0, 0.1) is 5.92 Å². The maximum atomic E-state index is 11.0. The summed E-state index contributed by atoms with van der Waals surface area (Å²) in [5.74, 6) is 0.0490. The third kappa shape index (κ3) is 4.08. The molecule has 2 N–H and O–H groups in total. The number of anilines is 1. The lowest BCUT2D eigenvalue weighted by atomic mass is 9.86. The molecule has 1 aromatic heterocycles. The molecule has 1 aliphatic rings. The Morgan fingerprint density at radius 3 is 3.00 bits per heavy atom. The summed E-state index contributed by atoms with van der Waals surface area (Å²) >= 11 is 0. The second-order valence-corrected chi connectivity index (χ2v) is 5.43. The van der Waals surface area contributed by atoms with Crippen molar-refractivity contribution in [1.29, 1.82) is 0 Å². The predicted molar refractivity (Wildman–Crippen MR) is 74.8 cm³/mol. The van der Waals surface area contributed by atoms with Crippen LogP contribution in [-0.2, 0) is 4.79 Å². The van der Waals surface area contributed by atoms with Crippen LogP contribution in [0.5, 0.6) is 5.88 Å². The Hall–Kier alpha value is -1.85. The van der Waals surface area contributed by atoms with Crippen molar-refractivity contribution in [2.75, 3.05) is 5.32 Å². The Bertz CT molecular complexity index is 465. The minimum absolute atomic E-state index is 0.0591. The van der Waals surface area contributed by atoms with Crippen molar-refractivity contribution in [3.8, 4) is 5.88 Å². The average Bonchev–Trinajstić information content (AvgIpc) is 2.38. The minimum atomic E-state index is -0.714. The third-order valence-electron chi connectivity index (χ3n) is 3.34. The van der Waals surface area contributed by atoms with Gasteiger partial charge in [0.2, 0.25) is 11.8 Å². The van der Waals surface area contributed by atoms with Gasteiger partial charge in [-0.2, -0.15) is 4.98 Å². The largest absolute Gasteiger partial charge is 0.481 e. The van der Waals surface area contributed by atoms with Crippen LogP contribution in [0.3, 0.4) is 0 Å². The van der Waals surface area contributed by atoms with E-state index < -0.39 is 5.97 Å².